The van der Waals surface area contributed by atoms with Crippen molar-refractivity contribution in [3.8, 4) is 34.7 Å². The van der Waals surface area contributed by atoms with Crippen LogP contribution in [0.15, 0.2) is 43.2 Å². The van der Waals surface area contributed by atoms with Gasteiger partial charge in [0.05, 0.1) is 42.3 Å². The summed E-state index contributed by atoms with van der Waals surface area (Å²) >= 11 is 0. The van der Waals surface area contributed by atoms with Crippen molar-refractivity contribution in [3.05, 3.63) is 43.2 Å². The first kappa shape index (κ1) is 21.6. The van der Waals surface area contributed by atoms with Crippen LogP contribution in [0.3, 0.4) is 0 Å². The van der Waals surface area contributed by atoms with Gasteiger partial charge in [0, 0.05) is 55.7 Å². The Morgan fingerprint density at radius 1 is 1.17 bits per heavy atom. The average molecular weight is 492 g/mol. The van der Waals surface area contributed by atoms with E-state index in [-0.39, 0.29) is 30.8 Å². The molecule has 13 heteroatoms. The minimum atomic E-state index is -3.30. The van der Waals surface area contributed by atoms with E-state index < -0.39 is 15.6 Å². The molecule has 178 valence electrons. The number of hydrogen-bond acceptors (Lipinski definition) is 9. The van der Waals surface area contributed by atoms with Gasteiger partial charge in [-0.05, 0) is 12.8 Å². The molecule has 4 aromatic heterocycles. The van der Waals surface area contributed by atoms with Crippen LogP contribution in [0.1, 0.15) is 19.3 Å². The van der Waals surface area contributed by atoms with Gasteiger partial charge >= 0.3 is 6.01 Å². The zero-order valence-electron chi connectivity index (χ0n) is 18.8. The van der Waals surface area contributed by atoms with Crippen LogP contribution < -0.4 is 4.74 Å². The Labute approximate surface area is 200 Å². The number of nitriles is 1. The van der Waals surface area contributed by atoms with Gasteiger partial charge in [-0.15, -0.1) is 0 Å². The Hall–Kier alpha value is -3.89. The minimum absolute atomic E-state index is 0.155. The molecular weight excluding hydrogens is 470 g/mol. The molecule has 5 heterocycles. The largest absolute Gasteiger partial charge is 0.467 e. The zero-order valence-corrected chi connectivity index (χ0v) is 19.6. The number of ether oxygens (including phenoxy) is 1. The maximum atomic E-state index is 12.6. The van der Waals surface area contributed by atoms with Gasteiger partial charge in [-0.25, -0.2) is 28.4 Å². The van der Waals surface area contributed by atoms with Crippen LogP contribution in [0.2, 0.25) is 0 Å². The number of fused-ring (bicyclic) bond motifs is 1. The summed E-state index contributed by atoms with van der Waals surface area (Å²) in [5.41, 5.74) is 2.03. The summed E-state index contributed by atoms with van der Waals surface area (Å²) in [4.78, 5) is 17.6. The molecule has 0 amide bonds. The van der Waals surface area contributed by atoms with Gasteiger partial charge < -0.3 is 4.74 Å². The van der Waals surface area contributed by atoms with E-state index in [4.69, 9.17) is 9.72 Å². The first-order valence-corrected chi connectivity index (χ1v) is 12.6. The van der Waals surface area contributed by atoms with E-state index in [1.54, 1.807) is 29.5 Å². The van der Waals surface area contributed by atoms with Gasteiger partial charge in [0.25, 0.3) is 0 Å². The molecule has 4 aromatic rings. The van der Waals surface area contributed by atoms with E-state index in [0.717, 1.165) is 0 Å². The monoisotopic (exact) mass is 491 g/mol. The number of imidazole rings is 1. The number of nitrogens with zero attached hydrogens (tertiary/aromatic N) is 9. The number of sulfonamides is 1. The van der Waals surface area contributed by atoms with E-state index in [9.17, 15) is 13.7 Å². The highest BCUT2D eigenvalue weighted by molar-refractivity contribution is 7.90. The van der Waals surface area contributed by atoms with Gasteiger partial charge in [-0.1, -0.05) is 0 Å². The Bertz CT molecular complexity index is 1560. The van der Waals surface area contributed by atoms with Crippen LogP contribution in [0.25, 0.3) is 28.3 Å². The molecule has 0 atom stereocenters. The molecular formula is C22H21N9O3S. The number of aromatic nitrogens is 7. The lowest BCUT2D eigenvalue weighted by atomic mass is 9.89. The lowest BCUT2D eigenvalue weighted by molar-refractivity contribution is 0.0716. The average Bonchev–Trinajstić information content (AvgIpc) is 3.41. The highest BCUT2D eigenvalue weighted by atomic mass is 32.2. The summed E-state index contributed by atoms with van der Waals surface area (Å²) in [6.45, 7) is 0.468. The molecule has 0 aromatic carbocycles. The van der Waals surface area contributed by atoms with Crippen LogP contribution in [0.5, 0.6) is 6.01 Å². The van der Waals surface area contributed by atoms with E-state index in [0.29, 0.717) is 41.1 Å². The molecule has 35 heavy (non-hydrogen) atoms. The number of hydrogen-bond donors (Lipinski definition) is 0. The smallest absolute Gasteiger partial charge is 0.316 e. The second kappa shape index (κ2) is 7.82. The third-order valence-corrected chi connectivity index (χ3v) is 8.77. The van der Waals surface area contributed by atoms with Crippen molar-refractivity contribution in [2.24, 2.45) is 0 Å². The van der Waals surface area contributed by atoms with Gasteiger partial charge in [0.1, 0.15) is 17.0 Å². The maximum Gasteiger partial charge on any atom is 0.316 e. The fourth-order valence-electron chi connectivity index (χ4n) is 4.38. The molecule has 12 nitrogen and oxygen atoms in total. The molecule has 1 aliphatic carbocycles. The third kappa shape index (κ3) is 3.53. The molecule has 0 radical (unpaired) electrons. The van der Waals surface area contributed by atoms with Crippen LogP contribution in [-0.2, 0) is 15.6 Å². The lowest BCUT2D eigenvalue weighted by Crippen LogP contribution is -2.64. The van der Waals surface area contributed by atoms with Crippen molar-refractivity contribution in [1.82, 2.24) is 38.4 Å². The van der Waals surface area contributed by atoms with Crippen molar-refractivity contribution in [3.63, 3.8) is 0 Å². The van der Waals surface area contributed by atoms with Crippen LogP contribution in [-0.4, -0.2) is 72.3 Å². The van der Waals surface area contributed by atoms with Gasteiger partial charge in [0.15, 0.2) is 0 Å². The normalized spacial score (nSPS) is 17.7. The van der Waals surface area contributed by atoms with Crippen LogP contribution in [0, 0.1) is 11.3 Å². The first-order valence-electron chi connectivity index (χ1n) is 11.1. The second-order valence-corrected chi connectivity index (χ2v) is 11.0. The van der Waals surface area contributed by atoms with Crippen molar-refractivity contribution in [2.45, 2.75) is 30.1 Å². The fourth-order valence-corrected chi connectivity index (χ4v) is 6.37. The highest BCUT2D eigenvalue weighted by Gasteiger charge is 2.53. The molecule has 1 saturated heterocycles. The Balaban J connectivity index is 1.36. The zero-order chi connectivity index (χ0) is 24.2. The lowest BCUT2D eigenvalue weighted by Gasteiger charge is -2.48. The Kier molecular flexibility index (Phi) is 4.83. The predicted octanol–water partition coefficient (Wildman–Crippen LogP) is 1.48. The summed E-state index contributed by atoms with van der Waals surface area (Å²) in [5.74, 6) is 0.603. The summed E-state index contributed by atoms with van der Waals surface area (Å²) in [7, 11) is -1.80. The molecule has 0 unspecified atom stereocenters. The SMILES string of the molecule is COc1ncc(-c2cc3nccn3c(-c3cnn(C4(CC#N)CN(S(=O)(=O)C5CC5)C4)c3)n2)cn1. The van der Waals surface area contributed by atoms with E-state index in [1.165, 1.54) is 11.4 Å². The topological polar surface area (TPSA) is 144 Å². The summed E-state index contributed by atoms with van der Waals surface area (Å²) in [6, 6.07) is 4.30. The number of methoxy groups -OCH3 is 1. The van der Waals surface area contributed by atoms with Crippen LogP contribution in [0.4, 0.5) is 0 Å². The van der Waals surface area contributed by atoms with Crippen molar-refractivity contribution >= 4 is 15.7 Å². The van der Waals surface area contributed by atoms with E-state index >= 15 is 0 Å². The predicted molar refractivity (Wildman–Crippen MR) is 124 cm³/mol. The summed E-state index contributed by atoms with van der Waals surface area (Å²) < 4.78 is 35.3. The highest BCUT2D eigenvalue weighted by Crippen LogP contribution is 2.40. The molecule has 6 rings (SSSR count). The van der Waals surface area contributed by atoms with Gasteiger partial charge in [0.2, 0.25) is 10.0 Å². The fraction of sp³-hybridized carbons (Fsp3) is 0.364. The Morgan fingerprint density at radius 3 is 2.63 bits per heavy atom. The van der Waals surface area contributed by atoms with Gasteiger partial charge in [-0.3, -0.25) is 9.08 Å². The quantitative estimate of drug-likeness (QED) is 0.375. The first-order chi connectivity index (χ1) is 16.9. The Morgan fingerprint density at radius 2 is 1.94 bits per heavy atom. The van der Waals surface area contributed by atoms with Crippen LogP contribution >= 0.6 is 0 Å². The van der Waals surface area contributed by atoms with Gasteiger partial charge in [-0.2, -0.15) is 14.7 Å². The standard InChI is InChI=1S/C22H21N9O3S/c1-34-21-25-9-15(10-26-21)18-8-19-24-6-7-30(19)20(28-18)16-11-27-31(12-16)22(4-5-23)13-29(14-22)35(32,33)17-2-3-17/h6-12,17H,2-4,13-14H2,1H3. The summed E-state index contributed by atoms with van der Waals surface area (Å²) in [6.07, 6.45) is 11.8. The molecule has 0 N–H and O–H groups in total. The molecule has 2 aliphatic rings. The molecule has 2 fully saturated rings. The third-order valence-electron chi connectivity index (χ3n) is 6.48. The van der Waals surface area contributed by atoms with E-state index in [1.807, 2.05) is 22.9 Å². The van der Waals surface area contributed by atoms with Crippen molar-refractivity contribution in [2.75, 3.05) is 20.2 Å². The van der Waals surface area contributed by atoms with E-state index in [2.05, 4.69) is 26.1 Å². The van der Waals surface area contributed by atoms with Crippen molar-refractivity contribution < 1.29 is 13.2 Å². The molecule has 1 saturated carbocycles. The molecule has 0 spiro atoms. The second-order valence-electron chi connectivity index (χ2n) is 8.82. The van der Waals surface area contributed by atoms with Crippen molar-refractivity contribution in [1.29, 1.82) is 5.26 Å². The molecule has 0 bridgehead atoms. The number of rotatable bonds is 7. The maximum absolute atomic E-state index is 12.6. The summed E-state index contributed by atoms with van der Waals surface area (Å²) in [5, 5.41) is 13.7. The minimum Gasteiger partial charge on any atom is -0.467 e. The molecule has 1 aliphatic heterocycles.